The van der Waals surface area contributed by atoms with Crippen LogP contribution in [-0.2, 0) is 6.42 Å². The Kier molecular flexibility index (Phi) is 5.24. The van der Waals surface area contributed by atoms with Crippen LogP contribution in [0, 0.1) is 0 Å². The average Bonchev–Trinajstić information content (AvgIpc) is 3.30. The van der Waals surface area contributed by atoms with Crippen LogP contribution in [0.2, 0.25) is 0 Å². The maximum atomic E-state index is 12.8. The molecule has 2 aromatic heterocycles. The van der Waals surface area contributed by atoms with Crippen LogP contribution < -0.4 is 4.74 Å². The summed E-state index contributed by atoms with van der Waals surface area (Å²) in [5.74, 6) is 0.603. The number of fused-ring (bicyclic) bond motifs is 1. The standard InChI is InChI=1S/C23H22N4O2/c1-27(11-9-16-14-25-26-15-16)23(28)20-8-6-17-12-19(7-5-18(17)13-20)21-4-3-10-24-22(21)29-2/h3-8,10,12-15H,9,11H2,1-2H3,(H,25,26). The fraction of sp³-hybridized carbons (Fsp3) is 0.174. The van der Waals surface area contributed by atoms with Gasteiger partial charge in [-0.2, -0.15) is 5.10 Å². The Morgan fingerprint density at radius 2 is 1.97 bits per heavy atom. The number of aromatic amines is 1. The van der Waals surface area contributed by atoms with Crippen molar-refractivity contribution >= 4 is 16.7 Å². The summed E-state index contributed by atoms with van der Waals surface area (Å²) in [6.07, 6.45) is 6.11. The first kappa shape index (κ1) is 18.7. The number of rotatable bonds is 6. The molecule has 0 fully saturated rings. The largest absolute Gasteiger partial charge is 0.481 e. The third-order valence-corrected chi connectivity index (χ3v) is 5.00. The van der Waals surface area contributed by atoms with Crippen molar-refractivity contribution in [3.8, 4) is 17.0 Å². The normalized spacial score (nSPS) is 10.8. The Hall–Kier alpha value is -3.67. The van der Waals surface area contributed by atoms with Crippen LogP contribution >= 0.6 is 0 Å². The lowest BCUT2D eigenvalue weighted by atomic mass is 10.00. The molecule has 146 valence electrons. The number of hydrogen-bond acceptors (Lipinski definition) is 4. The number of nitrogens with one attached hydrogen (secondary N) is 1. The van der Waals surface area contributed by atoms with Gasteiger partial charge < -0.3 is 9.64 Å². The summed E-state index contributed by atoms with van der Waals surface area (Å²) in [6, 6.07) is 15.8. The Labute approximate surface area is 169 Å². The molecule has 0 aliphatic carbocycles. The second-order valence-corrected chi connectivity index (χ2v) is 6.92. The molecule has 6 heteroatoms. The van der Waals surface area contributed by atoms with Crippen molar-refractivity contribution in [2.24, 2.45) is 0 Å². The average molecular weight is 386 g/mol. The number of benzene rings is 2. The number of amides is 1. The van der Waals surface area contributed by atoms with Crippen LogP contribution in [0.4, 0.5) is 0 Å². The van der Waals surface area contributed by atoms with Crippen molar-refractivity contribution in [1.29, 1.82) is 0 Å². The number of nitrogens with zero attached hydrogens (tertiary/aromatic N) is 3. The summed E-state index contributed by atoms with van der Waals surface area (Å²) in [7, 11) is 3.44. The maximum Gasteiger partial charge on any atom is 0.253 e. The minimum Gasteiger partial charge on any atom is -0.481 e. The van der Waals surface area contributed by atoms with Crippen LogP contribution in [0.15, 0.2) is 67.1 Å². The van der Waals surface area contributed by atoms with Gasteiger partial charge in [0, 0.05) is 37.1 Å². The first-order chi connectivity index (χ1) is 14.2. The molecule has 2 heterocycles. The predicted octanol–water partition coefficient (Wildman–Crippen LogP) is 3.95. The van der Waals surface area contributed by atoms with Crippen molar-refractivity contribution in [2.75, 3.05) is 20.7 Å². The van der Waals surface area contributed by atoms with Crippen molar-refractivity contribution < 1.29 is 9.53 Å². The quantitative estimate of drug-likeness (QED) is 0.545. The molecule has 29 heavy (non-hydrogen) atoms. The number of hydrogen-bond donors (Lipinski definition) is 1. The van der Waals surface area contributed by atoms with E-state index in [2.05, 4.69) is 21.2 Å². The summed E-state index contributed by atoms with van der Waals surface area (Å²) in [4.78, 5) is 18.8. The zero-order chi connectivity index (χ0) is 20.2. The van der Waals surface area contributed by atoms with Gasteiger partial charge in [-0.3, -0.25) is 9.89 Å². The molecule has 1 amide bonds. The summed E-state index contributed by atoms with van der Waals surface area (Å²) in [6.45, 7) is 0.635. The molecule has 6 nitrogen and oxygen atoms in total. The zero-order valence-corrected chi connectivity index (χ0v) is 16.4. The molecule has 4 aromatic rings. The lowest BCUT2D eigenvalue weighted by molar-refractivity contribution is 0.0797. The molecule has 1 N–H and O–H groups in total. The van der Waals surface area contributed by atoms with Crippen LogP contribution in [0.5, 0.6) is 5.88 Å². The maximum absolute atomic E-state index is 12.8. The minimum atomic E-state index is 0.00778. The lowest BCUT2D eigenvalue weighted by Crippen LogP contribution is -2.28. The number of carbonyl (C=O) groups is 1. The molecule has 0 atom stereocenters. The highest BCUT2D eigenvalue weighted by atomic mass is 16.5. The van der Waals surface area contributed by atoms with Gasteiger partial charge in [0.15, 0.2) is 0 Å². The van der Waals surface area contributed by atoms with E-state index < -0.39 is 0 Å². The van der Waals surface area contributed by atoms with E-state index in [4.69, 9.17) is 4.74 Å². The van der Waals surface area contributed by atoms with Gasteiger partial charge in [0.2, 0.25) is 5.88 Å². The number of aromatic nitrogens is 3. The van der Waals surface area contributed by atoms with Crippen LogP contribution in [0.25, 0.3) is 21.9 Å². The number of likely N-dealkylation sites (N-methyl/N-ethyl adjacent to an activating group) is 1. The highest BCUT2D eigenvalue weighted by Crippen LogP contribution is 2.30. The molecule has 0 aliphatic heterocycles. The molecular weight excluding hydrogens is 364 g/mol. The van der Waals surface area contributed by atoms with Gasteiger partial charge in [-0.15, -0.1) is 0 Å². The Morgan fingerprint density at radius 3 is 2.76 bits per heavy atom. The van der Waals surface area contributed by atoms with Crippen molar-refractivity contribution in [1.82, 2.24) is 20.1 Å². The summed E-state index contributed by atoms with van der Waals surface area (Å²) in [5, 5.41) is 8.81. The van der Waals surface area contributed by atoms with E-state index in [1.807, 2.05) is 55.7 Å². The van der Waals surface area contributed by atoms with Gasteiger partial charge in [-0.25, -0.2) is 4.98 Å². The van der Waals surface area contributed by atoms with E-state index in [1.165, 1.54) is 0 Å². The summed E-state index contributed by atoms with van der Waals surface area (Å²) < 4.78 is 5.37. The van der Waals surface area contributed by atoms with Gasteiger partial charge in [0.1, 0.15) is 0 Å². The third-order valence-electron chi connectivity index (χ3n) is 5.00. The second-order valence-electron chi connectivity index (χ2n) is 6.92. The monoisotopic (exact) mass is 386 g/mol. The van der Waals surface area contributed by atoms with Crippen molar-refractivity contribution in [3.05, 3.63) is 78.2 Å². The number of carbonyl (C=O) groups excluding carboxylic acids is 1. The van der Waals surface area contributed by atoms with E-state index in [9.17, 15) is 4.79 Å². The highest BCUT2D eigenvalue weighted by molar-refractivity contribution is 5.99. The molecule has 4 rings (SSSR count). The molecule has 0 radical (unpaired) electrons. The molecular formula is C23H22N4O2. The van der Waals surface area contributed by atoms with Crippen molar-refractivity contribution in [3.63, 3.8) is 0 Å². The van der Waals surface area contributed by atoms with Crippen LogP contribution in [-0.4, -0.2) is 46.7 Å². The Balaban J connectivity index is 1.55. The molecule has 0 aliphatic rings. The number of methoxy groups -OCH3 is 1. The zero-order valence-electron chi connectivity index (χ0n) is 16.4. The molecule has 2 aromatic carbocycles. The lowest BCUT2D eigenvalue weighted by Gasteiger charge is -2.17. The smallest absolute Gasteiger partial charge is 0.253 e. The van der Waals surface area contributed by atoms with Gasteiger partial charge >= 0.3 is 0 Å². The fourth-order valence-electron chi connectivity index (χ4n) is 3.35. The van der Waals surface area contributed by atoms with E-state index in [0.717, 1.165) is 33.9 Å². The highest BCUT2D eigenvalue weighted by Gasteiger charge is 2.13. The van der Waals surface area contributed by atoms with E-state index >= 15 is 0 Å². The van der Waals surface area contributed by atoms with Gasteiger partial charge in [0.05, 0.1) is 13.3 Å². The van der Waals surface area contributed by atoms with E-state index in [0.29, 0.717) is 18.0 Å². The number of ether oxygens (including phenoxy) is 1. The predicted molar refractivity (Wildman–Crippen MR) is 113 cm³/mol. The molecule has 0 bridgehead atoms. The minimum absolute atomic E-state index is 0.00778. The Morgan fingerprint density at radius 1 is 1.14 bits per heavy atom. The van der Waals surface area contributed by atoms with Gasteiger partial charge in [-0.1, -0.05) is 18.2 Å². The topological polar surface area (TPSA) is 71.1 Å². The second kappa shape index (κ2) is 8.14. The van der Waals surface area contributed by atoms with Gasteiger partial charge in [0.25, 0.3) is 5.91 Å². The fourth-order valence-corrected chi connectivity index (χ4v) is 3.35. The molecule has 0 spiro atoms. The first-order valence-electron chi connectivity index (χ1n) is 9.42. The first-order valence-corrected chi connectivity index (χ1v) is 9.42. The van der Waals surface area contributed by atoms with E-state index in [1.54, 1.807) is 24.4 Å². The van der Waals surface area contributed by atoms with Crippen LogP contribution in [0.1, 0.15) is 15.9 Å². The SMILES string of the molecule is COc1ncccc1-c1ccc2cc(C(=O)N(C)CCc3cn[nH]c3)ccc2c1. The third kappa shape index (κ3) is 3.96. The summed E-state index contributed by atoms with van der Waals surface area (Å²) in [5.41, 5.74) is 3.73. The van der Waals surface area contributed by atoms with E-state index in [-0.39, 0.29) is 5.91 Å². The Bertz CT molecular complexity index is 1140. The molecule has 0 saturated carbocycles. The van der Waals surface area contributed by atoms with Crippen molar-refractivity contribution in [2.45, 2.75) is 6.42 Å². The number of H-pyrrole nitrogens is 1. The van der Waals surface area contributed by atoms with Gasteiger partial charge in [-0.05, 0) is 58.7 Å². The van der Waals surface area contributed by atoms with Crippen LogP contribution in [0.3, 0.4) is 0 Å². The number of pyridine rings is 1. The summed E-state index contributed by atoms with van der Waals surface area (Å²) >= 11 is 0. The molecule has 0 saturated heterocycles. The molecule has 0 unspecified atom stereocenters.